The van der Waals surface area contributed by atoms with Gasteiger partial charge >= 0.3 is 0 Å². The summed E-state index contributed by atoms with van der Waals surface area (Å²) in [6.07, 6.45) is 0. The molecule has 0 aliphatic rings. The van der Waals surface area contributed by atoms with Crippen LogP contribution in [0.3, 0.4) is 0 Å². The second kappa shape index (κ2) is 3.24. The van der Waals surface area contributed by atoms with E-state index in [1.165, 1.54) is 17.4 Å². The summed E-state index contributed by atoms with van der Waals surface area (Å²) in [4.78, 5) is 0. The molecule has 0 N–H and O–H groups in total. The number of benzene rings is 1. The summed E-state index contributed by atoms with van der Waals surface area (Å²) in [6, 6.07) is 2.20. The van der Waals surface area contributed by atoms with Crippen molar-refractivity contribution in [2.45, 2.75) is 5.88 Å². The van der Waals surface area contributed by atoms with E-state index in [4.69, 9.17) is 11.6 Å². The maximum Gasteiger partial charge on any atom is 0.135 e. The molecule has 0 amide bonds. The van der Waals surface area contributed by atoms with Gasteiger partial charge in [-0.3, -0.25) is 0 Å². The molecule has 0 fully saturated rings. The SMILES string of the molecule is Fc1cc(F)c2c(CCl)csc2c1. The first-order valence-electron chi connectivity index (χ1n) is 3.63. The van der Waals surface area contributed by atoms with Gasteiger partial charge in [0.1, 0.15) is 11.6 Å². The molecule has 2 aromatic rings. The van der Waals surface area contributed by atoms with E-state index in [2.05, 4.69) is 0 Å². The van der Waals surface area contributed by atoms with Gasteiger partial charge in [0.05, 0.1) is 0 Å². The van der Waals surface area contributed by atoms with Crippen LogP contribution in [0.1, 0.15) is 5.56 Å². The van der Waals surface area contributed by atoms with Gasteiger partial charge in [-0.05, 0) is 17.0 Å². The first-order chi connectivity index (χ1) is 6.22. The number of fused-ring (bicyclic) bond motifs is 1. The summed E-state index contributed by atoms with van der Waals surface area (Å²) >= 11 is 6.91. The fraction of sp³-hybridized carbons (Fsp3) is 0.111. The van der Waals surface area contributed by atoms with E-state index in [0.717, 1.165) is 11.6 Å². The third kappa shape index (κ3) is 1.42. The van der Waals surface area contributed by atoms with Crippen molar-refractivity contribution in [1.29, 1.82) is 0 Å². The van der Waals surface area contributed by atoms with Crippen LogP contribution in [-0.4, -0.2) is 0 Å². The van der Waals surface area contributed by atoms with E-state index in [9.17, 15) is 8.78 Å². The predicted molar refractivity (Wildman–Crippen MR) is 51.3 cm³/mol. The van der Waals surface area contributed by atoms with Gasteiger partial charge < -0.3 is 0 Å². The average molecular weight is 219 g/mol. The fourth-order valence-corrected chi connectivity index (χ4v) is 2.55. The highest BCUT2D eigenvalue weighted by molar-refractivity contribution is 7.17. The molecule has 0 unspecified atom stereocenters. The first kappa shape index (κ1) is 8.91. The Labute approximate surface area is 82.8 Å². The summed E-state index contributed by atoms with van der Waals surface area (Å²) in [5.41, 5.74) is 0.721. The maximum absolute atomic E-state index is 13.2. The second-order valence-corrected chi connectivity index (χ2v) is 3.83. The normalized spacial score (nSPS) is 11.0. The number of thiophene rings is 1. The van der Waals surface area contributed by atoms with Gasteiger partial charge in [0, 0.05) is 22.0 Å². The summed E-state index contributed by atoms with van der Waals surface area (Å²) in [5.74, 6) is -0.831. The molecule has 0 radical (unpaired) electrons. The third-order valence-corrected chi connectivity index (χ3v) is 3.08. The molecule has 0 spiro atoms. The lowest BCUT2D eigenvalue weighted by Crippen LogP contribution is -1.82. The third-order valence-electron chi connectivity index (χ3n) is 1.81. The minimum absolute atomic E-state index is 0.253. The molecule has 0 atom stereocenters. The van der Waals surface area contributed by atoms with Crippen LogP contribution in [0.25, 0.3) is 10.1 Å². The van der Waals surface area contributed by atoms with Crippen LogP contribution < -0.4 is 0 Å². The van der Waals surface area contributed by atoms with E-state index < -0.39 is 11.6 Å². The highest BCUT2D eigenvalue weighted by Gasteiger charge is 2.09. The molecular formula is C9H5ClF2S. The Bertz CT molecular complexity index is 450. The number of hydrogen-bond acceptors (Lipinski definition) is 1. The lowest BCUT2D eigenvalue weighted by atomic mass is 10.2. The molecule has 4 heteroatoms. The molecule has 0 saturated heterocycles. The second-order valence-electron chi connectivity index (χ2n) is 2.66. The molecule has 1 aromatic carbocycles. The van der Waals surface area contributed by atoms with E-state index in [0.29, 0.717) is 10.1 Å². The smallest absolute Gasteiger partial charge is 0.135 e. The summed E-state index contributed by atoms with van der Waals surface area (Å²) in [7, 11) is 0. The van der Waals surface area contributed by atoms with Crippen molar-refractivity contribution in [3.8, 4) is 0 Å². The highest BCUT2D eigenvalue weighted by atomic mass is 35.5. The quantitative estimate of drug-likeness (QED) is 0.637. The standard InChI is InChI=1S/C9H5ClF2S/c10-3-5-4-13-8-2-6(11)1-7(12)9(5)8/h1-2,4H,3H2. The van der Waals surface area contributed by atoms with Crippen molar-refractivity contribution < 1.29 is 8.78 Å². The Balaban J connectivity index is 2.82. The Morgan fingerprint density at radius 1 is 1.31 bits per heavy atom. The summed E-state index contributed by atoms with van der Waals surface area (Å²) in [6.45, 7) is 0. The van der Waals surface area contributed by atoms with Gasteiger partial charge in [0.15, 0.2) is 0 Å². The zero-order valence-electron chi connectivity index (χ0n) is 6.48. The van der Waals surface area contributed by atoms with Crippen molar-refractivity contribution in [2.75, 3.05) is 0 Å². The van der Waals surface area contributed by atoms with E-state index in [1.807, 2.05) is 0 Å². The maximum atomic E-state index is 13.2. The van der Waals surface area contributed by atoms with E-state index in [1.54, 1.807) is 5.38 Å². The minimum atomic E-state index is -0.548. The van der Waals surface area contributed by atoms with Gasteiger partial charge in [0.2, 0.25) is 0 Å². The molecular weight excluding hydrogens is 214 g/mol. The first-order valence-corrected chi connectivity index (χ1v) is 5.05. The van der Waals surface area contributed by atoms with Crippen LogP contribution in [0.15, 0.2) is 17.5 Å². The van der Waals surface area contributed by atoms with Gasteiger partial charge in [-0.25, -0.2) is 8.78 Å². The summed E-state index contributed by atoms with van der Waals surface area (Å²) in [5, 5.41) is 2.20. The number of alkyl halides is 1. The van der Waals surface area contributed by atoms with Gasteiger partial charge in [-0.1, -0.05) is 0 Å². The van der Waals surface area contributed by atoms with Gasteiger partial charge in [-0.2, -0.15) is 0 Å². The van der Waals surface area contributed by atoms with Crippen molar-refractivity contribution >= 4 is 33.0 Å². The lowest BCUT2D eigenvalue weighted by molar-refractivity contribution is 0.592. The van der Waals surface area contributed by atoms with Crippen LogP contribution >= 0.6 is 22.9 Å². The molecule has 1 heterocycles. The van der Waals surface area contributed by atoms with E-state index >= 15 is 0 Å². The lowest BCUT2D eigenvalue weighted by Gasteiger charge is -1.95. The Morgan fingerprint density at radius 3 is 2.77 bits per heavy atom. The van der Waals surface area contributed by atoms with Crippen LogP contribution in [-0.2, 0) is 5.88 Å². The minimum Gasteiger partial charge on any atom is -0.207 e. The fourth-order valence-electron chi connectivity index (χ4n) is 1.25. The highest BCUT2D eigenvalue weighted by Crippen LogP contribution is 2.30. The zero-order chi connectivity index (χ0) is 9.42. The largest absolute Gasteiger partial charge is 0.207 e. The molecule has 2 rings (SSSR count). The van der Waals surface area contributed by atoms with Gasteiger partial charge in [0.25, 0.3) is 0 Å². The molecule has 13 heavy (non-hydrogen) atoms. The number of hydrogen-bond donors (Lipinski definition) is 0. The molecule has 68 valence electrons. The number of rotatable bonds is 1. The van der Waals surface area contributed by atoms with Crippen molar-refractivity contribution in [3.05, 3.63) is 34.7 Å². The molecule has 0 aliphatic heterocycles. The Kier molecular flexibility index (Phi) is 2.22. The average Bonchev–Trinajstić information content (AvgIpc) is 2.47. The molecule has 0 aliphatic carbocycles. The summed E-state index contributed by atoms with van der Waals surface area (Å²) < 4.78 is 26.6. The topological polar surface area (TPSA) is 0 Å². The molecule has 1 aromatic heterocycles. The van der Waals surface area contributed by atoms with Crippen molar-refractivity contribution in [2.24, 2.45) is 0 Å². The number of halogens is 3. The Morgan fingerprint density at radius 2 is 2.08 bits per heavy atom. The van der Waals surface area contributed by atoms with Crippen molar-refractivity contribution in [3.63, 3.8) is 0 Å². The molecule has 0 saturated carbocycles. The zero-order valence-corrected chi connectivity index (χ0v) is 8.05. The van der Waals surface area contributed by atoms with Crippen LogP contribution in [0, 0.1) is 11.6 Å². The molecule has 0 bridgehead atoms. The predicted octanol–water partition coefficient (Wildman–Crippen LogP) is 3.92. The van der Waals surface area contributed by atoms with Crippen LogP contribution in [0.5, 0.6) is 0 Å². The van der Waals surface area contributed by atoms with E-state index in [-0.39, 0.29) is 5.88 Å². The van der Waals surface area contributed by atoms with Crippen molar-refractivity contribution in [1.82, 2.24) is 0 Å². The van der Waals surface area contributed by atoms with Gasteiger partial charge in [-0.15, -0.1) is 22.9 Å². The van der Waals surface area contributed by atoms with Crippen LogP contribution in [0.4, 0.5) is 8.78 Å². The monoisotopic (exact) mass is 218 g/mol. The molecule has 0 nitrogen and oxygen atoms in total. The van der Waals surface area contributed by atoms with Crippen LogP contribution in [0.2, 0.25) is 0 Å². The Hall–Kier alpha value is -0.670.